The highest BCUT2D eigenvalue weighted by Gasteiger charge is 2.10. The van der Waals surface area contributed by atoms with Crippen molar-refractivity contribution < 1.29 is 8.78 Å². The second kappa shape index (κ2) is 4.30. The van der Waals surface area contributed by atoms with Crippen molar-refractivity contribution in [2.45, 2.75) is 13.5 Å². The Kier molecular flexibility index (Phi) is 2.85. The molecule has 0 spiro atoms. The van der Waals surface area contributed by atoms with Gasteiger partial charge in [0.1, 0.15) is 11.5 Å². The van der Waals surface area contributed by atoms with Crippen molar-refractivity contribution in [3.63, 3.8) is 0 Å². The minimum Gasteiger partial charge on any atom is -0.375 e. The van der Waals surface area contributed by atoms with E-state index in [1.54, 1.807) is 19.2 Å². The molecule has 1 aromatic heterocycles. The van der Waals surface area contributed by atoms with Gasteiger partial charge in [0.25, 0.3) is 0 Å². The Morgan fingerprint density at radius 2 is 2.12 bits per heavy atom. The topological polar surface area (TPSA) is 40.7 Å². The minimum absolute atomic E-state index is 0.102. The lowest BCUT2D eigenvalue weighted by molar-refractivity contribution is 0.582. The van der Waals surface area contributed by atoms with E-state index in [4.69, 9.17) is 0 Å². The van der Waals surface area contributed by atoms with Crippen molar-refractivity contribution in [3.8, 4) is 0 Å². The van der Waals surface area contributed by atoms with Crippen LogP contribution in [0.15, 0.2) is 24.4 Å². The van der Waals surface area contributed by atoms with Crippen LogP contribution in [0.25, 0.3) is 0 Å². The van der Waals surface area contributed by atoms with Crippen LogP contribution in [-0.2, 0) is 6.54 Å². The standard InChI is InChI=1S/C11H11F2N3/c1-7-2-3-9(12)11(10(7)13)14-6-8-4-5-15-16-8/h2-5,14H,6H2,1H3,(H,15,16). The van der Waals surface area contributed by atoms with Gasteiger partial charge in [-0.2, -0.15) is 5.10 Å². The lowest BCUT2D eigenvalue weighted by Crippen LogP contribution is -2.05. The van der Waals surface area contributed by atoms with Crippen molar-refractivity contribution in [3.05, 3.63) is 47.3 Å². The first-order valence-corrected chi connectivity index (χ1v) is 4.85. The number of aryl methyl sites for hydroxylation is 1. The van der Waals surface area contributed by atoms with Gasteiger partial charge in [-0.05, 0) is 24.6 Å². The summed E-state index contributed by atoms with van der Waals surface area (Å²) in [5, 5.41) is 9.15. The zero-order chi connectivity index (χ0) is 11.5. The third kappa shape index (κ3) is 2.03. The average molecular weight is 223 g/mol. The van der Waals surface area contributed by atoms with Gasteiger partial charge < -0.3 is 5.32 Å². The molecule has 2 aromatic rings. The van der Waals surface area contributed by atoms with Gasteiger partial charge in [0.2, 0.25) is 0 Å². The Bertz CT molecular complexity index is 480. The molecule has 0 aliphatic carbocycles. The maximum absolute atomic E-state index is 13.6. The Morgan fingerprint density at radius 3 is 2.81 bits per heavy atom. The Morgan fingerprint density at radius 1 is 1.31 bits per heavy atom. The number of nitrogens with one attached hydrogen (secondary N) is 2. The van der Waals surface area contributed by atoms with Crippen molar-refractivity contribution in [1.29, 1.82) is 0 Å². The van der Waals surface area contributed by atoms with Crippen molar-refractivity contribution in [1.82, 2.24) is 10.2 Å². The Balaban J connectivity index is 2.18. The molecule has 16 heavy (non-hydrogen) atoms. The van der Waals surface area contributed by atoms with Crippen molar-refractivity contribution in [2.75, 3.05) is 5.32 Å². The Hall–Kier alpha value is -1.91. The van der Waals surface area contributed by atoms with E-state index in [1.807, 2.05) is 0 Å². The lowest BCUT2D eigenvalue weighted by Gasteiger charge is -2.09. The largest absolute Gasteiger partial charge is 0.375 e. The zero-order valence-electron chi connectivity index (χ0n) is 8.72. The number of H-pyrrole nitrogens is 1. The molecule has 2 rings (SSSR count). The number of nitrogens with zero attached hydrogens (tertiary/aromatic N) is 1. The number of hydrogen-bond donors (Lipinski definition) is 2. The molecule has 5 heteroatoms. The van der Waals surface area contributed by atoms with Gasteiger partial charge in [0, 0.05) is 6.20 Å². The van der Waals surface area contributed by atoms with Crippen LogP contribution in [0.3, 0.4) is 0 Å². The molecule has 3 nitrogen and oxygen atoms in total. The summed E-state index contributed by atoms with van der Waals surface area (Å²) in [5.41, 5.74) is 1.07. The SMILES string of the molecule is Cc1ccc(F)c(NCc2ccn[nH]2)c1F. The van der Waals surface area contributed by atoms with Crippen molar-refractivity contribution >= 4 is 5.69 Å². The van der Waals surface area contributed by atoms with E-state index in [0.717, 1.165) is 5.69 Å². The number of aromatic nitrogens is 2. The highest BCUT2D eigenvalue weighted by Crippen LogP contribution is 2.21. The minimum atomic E-state index is -0.595. The molecular formula is C11H11F2N3. The molecule has 84 valence electrons. The van der Waals surface area contributed by atoms with Crippen molar-refractivity contribution in [2.24, 2.45) is 0 Å². The normalized spacial score (nSPS) is 10.4. The maximum atomic E-state index is 13.6. The second-order valence-corrected chi connectivity index (χ2v) is 3.49. The molecule has 0 radical (unpaired) electrons. The summed E-state index contributed by atoms with van der Waals surface area (Å²) in [6.07, 6.45) is 1.58. The van der Waals surface area contributed by atoms with Crippen LogP contribution in [0.4, 0.5) is 14.5 Å². The smallest absolute Gasteiger partial charge is 0.152 e. The van der Waals surface area contributed by atoms with Gasteiger partial charge in [0.05, 0.1) is 12.2 Å². The average Bonchev–Trinajstić information content (AvgIpc) is 2.77. The third-order valence-corrected chi connectivity index (χ3v) is 2.30. The van der Waals surface area contributed by atoms with Gasteiger partial charge in [-0.15, -0.1) is 0 Å². The highest BCUT2D eigenvalue weighted by atomic mass is 19.1. The molecule has 0 amide bonds. The van der Waals surface area contributed by atoms with Gasteiger partial charge >= 0.3 is 0 Å². The molecule has 0 fully saturated rings. The van der Waals surface area contributed by atoms with Crippen LogP contribution in [0.2, 0.25) is 0 Å². The van der Waals surface area contributed by atoms with E-state index < -0.39 is 11.6 Å². The fourth-order valence-corrected chi connectivity index (χ4v) is 1.39. The van der Waals surface area contributed by atoms with Crippen LogP contribution in [0.5, 0.6) is 0 Å². The quantitative estimate of drug-likeness (QED) is 0.839. The van der Waals surface area contributed by atoms with Crippen LogP contribution in [0, 0.1) is 18.6 Å². The number of benzene rings is 1. The monoisotopic (exact) mass is 223 g/mol. The van der Waals surface area contributed by atoms with Gasteiger partial charge in [-0.3, -0.25) is 5.10 Å². The molecular weight excluding hydrogens is 212 g/mol. The van der Waals surface area contributed by atoms with E-state index in [1.165, 1.54) is 12.1 Å². The predicted molar refractivity (Wildman–Crippen MR) is 57.0 cm³/mol. The summed E-state index contributed by atoms with van der Waals surface area (Å²) in [7, 11) is 0. The summed E-state index contributed by atoms with van der Waals surface area (Å²) in [4.78, 5) is 0. The number of hydrogen-bond acceptors (Lipinski definition) is 2. The van der Waals surface area contributed by atoms with Crippen LogP contribution in [-0.4, -0.2) is 10.2 Å². The molecule has 0 unspecified atom stereocenters. The van der Waals surface area contributed by atoms with Gasteiger partial charge in [0.15, 0.2) is 5.82 Å². The van der Waals surface area contributed by atoms with Gasteiger partial charge in [-0.1, -0.05) is 6.07 Å². The molecule has 0 atom stereocenters. The predicted octanol–water partition coefficient (Wildman–Crippen LogP) is 2.61. The van der Waals surface area contributed by atoms with E-state index in [0.29, 0.717) is 12.1 Å². The van der Waals surface area contributed by atoms with E-state index in [9.17, 15) is 8.78 Å². The molecule has 2 N–H and O–H groups in total. The zero-order valence-corrected chi connectivity index (χ0v) is 8.72. The third-order valence-electron chi connectivity index (χ3n) is 2.30. The summed E-state index contributed by atoms with van der Waals surface area (Å²) in [6.45, 7) is 1.90. The first-order valence-electron chi connectivity index (χ1n) is 4.85. The van der Waals surface area contributed by atoms with E-state index in [-0.39, 0.29) is 5.69 Å². The highest BCUT2D eigenvalue weighted by molar-refractivity contribution is 5.49. The number of aromatic amines is 1. The second-order valence-electron chi connectivity index (χ2n) is 3.49. The molecule has 0 aliphatic heterocycles. The lowest BCUT2D eigenvalue weighted by atomic mass is 10.2. The molecule has 0 bridgehead atoms. The van der Waals surface area contributed by atoms with E-state index >= 15 is 0 Å². The summed E-state index contributed by atoms with van der Waals surface area (Å²) < 4.78 is 26.9. The molecule has 1 aromatic carbocycles. The summed E-state index contributed by atoms with van der Waals surface area (Å²) in [6, 6.07) is 4.39. The van der Waals surface area contributed by atoms with E-state index in [2.05, 4.69) is 15.5 Å². The fraction of sp³-hybridized carbons (Fsp3) is 0.182. The Labute approximate surface area is 91.5 Å². The fourth-order valence-electron chi connectivity index (χ4n) is 1.39. The van der Waals surface area contributed by atoms with Crippen LogP contribution < -0.4 is 5.32 Å². The summed E-state index contributed by atoms with van der Waals surface area (Å²) >= 11 is 0. The molecule has 0 aliphatic rings. The molecule has 1 heterocycles. The molecule has 0 saturated carbocycles. The van der Waals surface area contributed by atoms with Crippen LogP contribution in [0.1, 0.15) is 11.3 Å². The number of halogens is 2. The van der Waals surface area contributed by atoms with Gasteiger partial charge in [-0.25, -0.2) is 8.78 Å². The first-order chi connectivity index (χ1) is 7.68. The number of rotatable bonds is 3. The number of anilines is 1. The maximum Gasteiger partial charge on any atom is 0.152 e. The first kappa shape index (κ1) is 10.6. The van der Waals surface area contributed by atoms with Crippen LogP contribution >= 0.6 is 0 Å². The summed E-state index contributed by atoms with van der Waals surface area (Å²) in [5.74, 6) is -1.15. The molecule has 0 saturated heterocycles.